The SMILES string of the molecule is Cc1cc(F)ccc1C1CN(C(=O)OCc2ccccc2)CCN1C(=O)Cl. The molecule has 0 N–H and O–H groups in total. The zero-order valence-electron chi connectivity index (χ0n) is 14.9. The molecule has 1 heterocycles. The van der Waals surface area contributed by atoms with E-state index in [1.54, 1.807) is 17.9 Å². The molecule has 3 rings (SSSR count). The van der Waals surface area contributed by atoms with Crippen molar-refractivity contribution >= 4 is 23.1 Å². The van der Waals surface area contributed by atoms with Crippen molar-refractivity contribution in [2.45, 2.75) is 19.6 Å². The maximum absolute atomic E-state index is 13.4. The Balaban J connectivity index is 1.73. The molecule has 27 heavy (non-hydrogen) atoms. The number of benzene rings is 2. The van der Waals surface area contributed by atoms with Gasteiger partial charge in [0, 0.05) is 19.6 Å². The van der Waals surface area contributed by atoms with Gasteiger partial charge < -0.3 is 14.5 Å². The first-order valence-electron chi connectivity index (χ1n) is 8.63. The highest BCUT2D eigenvalue weighted by Gasteiger charge is 2.34. The fourth-order valence-electron chi connectivity index (χ4n) is 3.25. The van der Waals surface area contributed by atoms with Crippen LogP contribution in [0.2, 0.25) is 0 Å². The Labute approximate surface area is 162 Å². The average molecular weight is 391 g/mol. The molecule has 1 atom stereocenters. The second-order valence-corrected chi connectivity index (χ2v) is 6.77. The monoisotopic (exact) mass is 390 g/mol. The fraction of sp³-hybridized carbons (Fsp3) is 0.300. The quantitative estimate of drug-likeness (QED) is 0.573. The zero-order valence-corrected chi connectivity index (χ0v) is 15.7. The molecule has 7 heteroatoms. The summed E-state index contributed by atoms with van der Waals surface area (Å²) in [5, 5.41) is -0.596. The molecule has 5 nitrogen and oxygen atoms in total. The third kappa shape index (κ3) is 4.57. The number of nitrogens with zero attached hydrogens (tertiary/aromatic N) is 2. The van der Waals surface area contributed by atoms with E-state index < -0.39 is 17.5 Å². The van der Waals surface area contributed by atoms with Crippen molar-refractivity contribution in [1.82, 2.24) is 9.80 Å². The third-order valence-corrected chi connectivity index (χ3v) is 4.88. The summed E-state index contributed by atoms with van der Waals surface area (Å²) in [6.07, 6.45) is -0.453. The summed E-state index contributed by atoms with van der Waals surface area (Å²) in [4.78, 5) is 27.3. The van der Waals surface area contributed by atoms with E-state index in [-0.39, 0.29) is 25.5 Å². The van der Waals surface area contributed by atoms with Gasteiger partial charge in [-0.1, -0.05) is 36.4 Å². The van der Waals surface area contributed by atoms with E-state index in [1.165, 1.54) is 17.0 Å². The van der Waals surface area contributed by atoms with Gasteiger partial charge in [-0.05, 0) is 47.3 Å². The number of hydrogen-bond donors (Lipinski definition) is 0. The van der Waals surface area contributed by atoms with E-state index in [0.717, 1.165) is 11.1 Å². The van der Waals surface area contributed by atoms with E-state index in [0.29, 0.717) is 12.1 Å². The second-order valence-electron chi connectivity index (χ2n) is 6.45. The maximum atomic E-state index is 13.4. The number of amides is 2. The van der Waals surface area contributed by atoms with Crippen LogP contribution in [0, 0.1) is 12.7 Å². The number of carbonyl (C=O) groups excluding carboxylic acids is 2. The van der Waals surface area contributed by atoms with Crippen molar-refractivity contribution in [3.63, 3.8) is 0 Å². The third-order valence-electron chi connectivity index (χ3n) is 4.66. The van der Waals surface area contributed by atoms with Crippen molar-refractivity contribution in [1.29, 1.82) is 0 Å². The van der Waals surface area contributed by atoms with Gasteiger partial charge in [-0.25, -0.2) is 9.18 Å². The number of aryl methyl sites for hydroxylation is 1. The fourth-order valence-corrected chi connectivity index (χ4v) is 3.45. The zero-order chi connectivity index (χ0) is 19.4. The van der Waals surface area contributed by atoms with Crippen molar-refractivity contribution in [2.24, 2.45) is 0 Å². The summed E-state index contributed by atoms with van der Waals surface area (Å²) in [6, 6.07) is 13.3. The molecule has 0 bridgehead atoms. The van der Waals surface area contributed by atoms with Crippen LogP contribution in [0.5, 0.6) is 0 Å². The highest BCUT2D eigenvalue weighted by molar-refractivity contribution is 6.62. The van der Waals surface area contributed by atoms with Crippen LogP contribution in [0.15, 0.2) is 48.5 Å². The normalized spacial score (nSPS) is 16.9. The molecule has 0 saturated carbocycles. The molecule has 0 radical (unpaired) electrons. The molecule has 0 aliphatic carbocycles. The molecule has 1 unspecified atom stereocenters. The number of hydrogen-bond acceptors (Lipinski definition) is 3. The lowest BCUT2D eigenvalue weighted by molar-refractivity contribution is 0.0618. The van der Waals surface area contributed by atoms with Crippen LogP contribution in [0.4, 0.5) is 14.0 Å². The Morgan fingerprint density at radius 3 is 2.59 bits per heavy atom. The van der Waals surface area contributed by atoms with Gasteiger partial charge in [0.15, 0.2) is 0 Å². The predicted molar refractivity (Wildman–Crippen MR) is 100 cm³/mol. The van der Waals surface area contributed by atoms with Gasteiger partial charge in [0.2, 0.25) is 0 Å². The first kappa shape index (κ1) is 19.2. The standard InChI is InChI=1S/C20H20ClFN2O3/c1-14-11-16(22)7-8-17(14)18-12-23(9-10-24(18)19(21)25)20(26)27-13-15-5-3-2-4-6-15/h2-8,11,18H,9-10,12-13H2,1H3. The molecular formula is C20H20ClFN2O3. The van der Waals surface area contributed by atoms with E-state index in [4.69, 9.17) is 16.3 Å². The molecule has 1 fully saturated rings. The first-order valence-corrected chi connectivity index (χ1v) is 9.01. The molecule has 1 aliphatic rings. The highest BCUT2D eigenvalue weighted by Crippen LogP contribution is 2.29. The molecule has 2 amide bonds. The molecule has 142 valence electrons. The van der Waals surface area contributed by atoms with Gasteiger partial charge in [-0.2, -0.15) is 0 Å². The number of ether oxygens (including phenoxy) is 1. The first-order chi connectivity index (χ1) is 13.0. The largest absolute Gasteiger partial charge is 0.445 e. The lowest BCUT2D eigenvalue weighted by Crippen LogP contribution is -2.51. The van der Waals surface area contributed by atoms with Crippen molar-refractivity contribution in [2.75, 3.05) is 19.6 Å². The van der Waals surface area contributed by atoms with E-state index in [2.05, 4.69) is 0 Å². The molecule has 2 aromatic rings. The molecule has 1 saturated heterocycles. The summed E-state index contributed by atoms with van der Waals surface area (Å²) >= 11 is 5.73. The van der Waals surface area contributed by atoms with E-state index in [1.807, 2.05) is 30.3 Å². The van der Waals surface area contributed by atoms with Gasteiger partial charge in [-0.15, -0.1) is 0 Å². The van der Waals surface area contributed by atoms with Gasteiger partial charge in [0.1, 0.15) is 12.4 Å². The van der Waals surface area contributed by atoms with Crippen LogP contribution in [0.1, 0.15) is 22.7 Å². The molecule has 1 aliphatic heterocycles. The number of carbonyl (C=O) groups is 2. The number of piperazine rings is 1. The number of halogens is 2. The Morgan fingerprint density at radius 2 is 1.93 bits per heavy atom. The van der Waals surface area contributed by atoms with Crippen molar-refractivity contribution < 1.29 is 18.7 Å². The number of rotatable bonds is 3. The predicted octanol–water partition coefficient (Wildman–Crippen LogP) is 4.49. The molecule has 2 aromatic carbocycles. The van der Waals surface area contributed by atoms with Crippen LogP contribution < -0.4 is 0 Å². The Morgan fingerprint density at radius 1 is 1.19 bits per heavy atom. The van der Waals surface area contributed by atoms with Crippen LogP contribution in [-0.4, -0.2) is 40.9 Å². The second kappa shape index (κ2) is 8.39. The summed E-state index contributed by atoms with van der Waals surface area (Å²) in [5.41, 5.74) is 2.35. The van der Waals surface area contributed by atoms with Crippen molar-refractivity contribution in [3.8, 4) is 0 Å². The van der Waals surface area contributed by atoms with Crippen molar-refractivity contribution in [3.05, 3.63) is 71.0 Å². The average Bonchev–Trinajstić information content (AvgIpc) is 2.66. The lowest BCUT2D eigenvalue weighted by Gasteiger charge is -2.40. The van der Waals surface area contributed by atoms with Crippen LogP contribution in [0.25, 0.3) is 0 Å². The minimum Gasteiger partial charge on any atom is -0.445 e. The Hall–Kier alpha value is -2.60. The smallest absolute Gasteiger partial charge is 0.410 e. The summed E-state index contributed by atoms with van der Waals surface area (Å²) < 4.78 is 18.8. The van der Waals surface area contributed by atoms with Crippen LogP contribution in [0.3, 0.4) is 0 Å². The van der Waals surface area contributed by atoms with E-state index in [9.17, 15) is 14.0 Å². The van der Waals surface area contributed by atoms with Gasteiger partial charge in [-0.3, -0.25) is 4.79 Å². The minimum absolute atomic E-state index is 0.175. The molecule has 0 aromatic heterocycles. The van der Waals surface area contributed by atoms with Gasteiger partial charge in [0.25, 0.3) is 0 Å². The minimum atomic E-state index is -0.596. The summed E-state index contributed by atoms with van der Waals surface area (Å²) in [6.45, 7) is 2.78. The topological polar surface area (TPSA) is 49.9 Å². The lowest BCUT2D eigenvalue weighted by atomic mass is 9.98. The van der Waals surface area contributed by atoms with Gasteiger partial charge in [0.05, 0.1) is 6.04 Å². The van der Waals surface area contributed by atoms with Crippen LogP contribution >= 0.6 is 11.6 Å². The summed E-state index contributed by atoms with van der Waals surface area (Å²) in [7, 11) is 0. The maximum Gasteiger partial charge on any atom is 0.410 e. The molecule has 0 spiro atoms. The van der Waals surface area contributed by atoms with Gasteiger partial charge >= 0.3 is 11.5 Å². The molecular weight excluding hydrogens is 371 g/mol. The Bertz CT molecular complexity index is 831. The van der Waals surface area contributed by atoms with Crippen LogP contribution in [-0.2, 0) is 11.3 Å². The van der Waals surface area contributed by atoms with E-state index >= 15 is 0 Å². The Kier molecular flexibility index (Phi) is 5.96. The summed E-state index contributed by atoms with van der Waals surface area (Å²) in [5.74, 6) is -0.352. The highest BCUT2D eigenvalue weighted by atomic mass is 35.5.